The number of esters is 4. The molecule has 0 heterocycles. The van der Waals surface area contributed by atoms with Crippen LogP contribution in [0.2, 0.25) is 0 Å². The van der Waals surface area contributed by atoms with Gasteiger partial charge in [0.25, 0.3) is 0 Å². The summed E-state index contributed by atoms with van der Waals surface area (Å²) in [5, 5.41) is 10.6. The lowest BCUT2D eigenvalue weighted by atomic mass is 10.0. The van der Waals surface area contributed by atoms with Crippen LogP contribution in [0.25, 0.3) is 0 Å². The van der Waals surface area contributed by atoms with Gasteiger partial charge in [-0.15, -0.1) is 0 Å². The molecule has 5 atom stereocenters. The molecule has 19 heteroatoms. The van der Waals surface area contributed by atoms with E-state index < -0.39 is 97.5 Å². The Bertz CT molecular complexity index is 1880. The van der Waals surface area contributed by atoms with E-state index in [0.717, 1.165) is 114 Å². The van der Waals surface area contributed by atoms with E-state index in [4.69, 9.17) is 37.0 Å². The van der Waals surface area contributed by atoms with Crippen molar-refractivity contribution < 1.29 is 80.2 Å². The zero-order valence-corrected chi connectivity index (χ0v) is 64.8. The zero-order valence-electron chi connectivity index (χ0n) is 63.0. The molecule has 0 aliphatic heterocycles. The van der Waals surface area contributed by atoms with Gasteiger partial charge in [-0.3, -0.25) is 37.3 Å². The highest BCUT2D eigenvalue weighted by molar-refractivity contribution is 7.47. The van der Waals surface area contributed by atoms with Gasteiger partial charge in [0.05, 0.1) is 26.4 Å². The topological polar surface area (TPSA) is 237 Å². The molecule has 96 heavy (non-hydrogen) atoms. The van der Waals surface area contributed by atoms with Crippen molar-refractivity contribution in [2.75, 3.05) is 39.6 Å². The fourth-order valence-electron chi connectivity index (χ4n) is 11.7. The zero-order chi connectivity index (χ0) is 71.0. The van der Waals surface area contributed by atoms with Crippen molar-refractivity contribution >= 4 is 39.5 Å². The Balaban J connectivity index is 5.24. The van der Waals surface area contributed by atoms with Crippen LogP contribution in [-0.2, 0) is 65.4 Å². The molecule has 0 spiro atoms. The van der Waals surface area contributed by atoms with Gasteiger partial charge >= 0.3 is 39.5 Å². The van der Waals surface area contributed by atoms with Crippen molar-refractivity contribution in [1.82, 2.24) is 0 Å². The first-order valence-corrected chi connectivity index (χ1v) is 42.7. The van der Waals surface area contributed by atoms with E-state index in [1.54, 1.807) is 0 Å². The highest BCUT2D eigenvalue weighted by Gasteiger charge is 2.30. The fraction of sp³-hybridized carbons (Fsp3) is 0.948. The predicted molar refractivity (Wildman–Crippen MR) is 391 cm³/mol. The first kappa shape index (κ1) is 94.1. The molecule has 0 fully saturated rings. The van der Waals surface area contributed by atoms with Crippen molar-refractivity contribution in [3.05, 3.63) is 0 Å². The molecule has 0 amide bonds. The monoisotopic (exact) mass is 1410 g/mol. The number of aliphatic hydroxyl groups is 1. The minimum Gasteiger partial charge on any atom is -0.462 e. The summed E-state index contributed by atoms with van der Waals surface area (Å²) in [4.78, 5) is 72.8. The molecule has 0 rings (SSSR count). The first-order valence-electron chi connectivity index (χ1n) is 39.7. The third kappa shape index (κ3) is 70.5. The first-order chi connectivity index (χ1) is 46.1. The average molecular weight is 1410 g/mol. The second kappa shape index (κ2) is 66.3. The summed E-state index contributed by atoms with van der Waals surface area (Å²) in [5.74, 6) is 0.913. The molecular formula is C77H150O17P2. The van der Waals surface area contributed by atoms with Gasteiger partial charge in [0.15, 0.2) is 12.2 Å². The SMILES string of the molecule is CC(C)CCCCCCCCCCCCCCCC(=O)OC[C@H](COP(=O)(O)OC[C@@H](O)COP(=O)(O)OC[C@@H](COC(=O)CCCCCCCCC(C)C)OC(=O)CCCCCCCCCCCCCCCC(C)C)OC(=O)CCCCCCCCCCCCCCC(C)C. The predicted octanol–water partition coefficient (Wildman–Crippen LogP) is 22.4. The van der Waals surface area contributed by atoms with E-state index in [9.17, 15) is 43.2 Å². The van der Waals surface area contributed by atoms with Crippen molar-refractivity contribution in [3.63, 3.8) is 0 Å². The number of unbranched alkanes of at least 4 members (excludes halogenated alkanes) is 40. The second-order valence-corrected chi connectivity index (χ2v) is 32.6. The molecule has 0 aromatic carbocycles. The normalized spacial score (nSPS) is 14.1. The van der Waals surface area contributed by atoms with Crippen LogP contribution in [0.1, 0.15) is 389 Å². The average Bonchev–Trinajstić information content (AvgIpc) is 2.21. The van der Waals surface area contributed by atoms with Crippen molar-refractivity contribution in [3.8, 4) is 0 Å². The van der Waals surface area contributed by atoms with Crippen LogP contribution in [0.15, 0.2) is 0 Å². The molecule has 0 aliphatic rings. The molecule has 3 N–H and O–H groups in total. The molecule has 0 saturated carbocycles. The van der Waals surface area contributed by atoms with Crippen LogP contribution in [-0.4, -0.2) is 96.7 Å². The van der Waals surface area contributed by atoms with Gasteiger partial charge < -0.3 is 33.8 Å². The Morgan fingerprint density at radius 3 is 0.646 bits per heavy atom. The van der Waals surface area contributed by atoms with Crippen LogP contribution in [0.5, 0.6) is 0 Å². The lowest BCUT2D eigenvalue weighted by molar-refractivity contribution is -0.161. The Morgan fingerprint density at radius 2 is 0.438 bits per heavy atom. The third-order valence-corrected chi connectivity index (χ3v) is 19.7. The van der Waals surface area contributed by atoms with E-state index in [0.29, 0.717) is 31.6 Å². The van der Waals surface area contributed by atoms with Crippen LogP contribution in [0, 0.1) is 23.7 Å². The van der Waals surface area contributed by atoms with E-state index >= 15 is 0 Å². The highest BCUT2D eigenvalue weighted by atomic mass is 31.2. The standard InChI is InChI=1S/C77H150O17P2/c1-67(2)53-45-37-29-23-17-11-9-13-20-26-32-41-49-57-74(79)87-63-72(93-76(81)60-52-44-34-28-22-16-15-19-25-31-39-47-55-69(5)6)65-91-95(83,84)89-61-71(78)62-90-96(85,86)92-66-73(64-88-75(80)58-50-42-36-35-40-48-56-70(7)8)94-77(82)59-51-43-33-27-21-14-10-12-18-24-30-38-46-54-68(3)4/h67-73,78H,9-66H2,1-8H3,(H,83,84)(H,85,86)/t71-,72-,73-/m1/s1. The number of aliphatic hydroxyl groups excluding tert-OH is 1. The second-order valence-electron chi connectivity index (χ2n) is 29.7. The van der Waals surface area contributed by atoms with Crippen LogP contribution >= 0.6 is 15.6 Å². The number of hydrogen-bond acceptors (Lipinski definition) is 15. The van der Waals surface area contributed by atoms with Crippen molar-refractivity contribution in [2.24, 2.45) is 23.7 Å². The summed E-state index contributed by atoms with van der Waals surface area (Å²) in [6, 6.07) is 0. The summed E-state index contributed by atoms with van der Waals surface area (Å²) in [6.45, 7) is 14.2. The molecule has 570 valence electrons. The largest absolute Gasteiger partial charge is 0.472 e. The Morgan fingerprint density at radius 1 is 0.260 bits per heavy atom. The van der Waals surface area contributed by atoms with Gasteiger partial charge in [-0.2, -0.15) is 0 Å². The number of carbonyl (C=O) groups is 4. The van der Waals surface area contributed by atoms with Crippen molar-refractivity contribution in [1.29, 1.82) is 0 Å². The molecular weight excluding hydrogens is 1260 g/mol. The summed E-state index contributed by atoms with van der Waals surface area (Å²) >= 11 is 0. The van der Waals surface area contributed by atoms with Gasteiger partial charge in [-0.1, -0.05) is 338 Å². The van der Waals surface area contributed by atoms with Gasteiger partial charge in [0.2, 0.25) is 0 Å². The molecule has 0 aromatic rings. The minimum absolute atomic E-state index is 0.106. The number of rotatable bonds is 74. The maximum absolute atomic E-state index is 13.1. The Kier molecular flexibility index (Phi) is 65.0. The van der Waals surface area contributed by atoms with Crippen LogP contribution in [0.4, 0.5) is 0 Å². The lowest BCUT2D eigenvalue weighted by Crippen LogP contribution is -2.30. The summed E-state index contributed by atoms with van der Waals surface area (Å²) in [6.07, 6.45) is 51.4. The number of phosphoric ester groups is 2. The molecule has 0 saturated heterocycles. The Labute approximate surface area is 588 Å². The summed E-state index contributed by atoms with van der Waals surface area (Å²) in [5.41, 5.74) is 0. The number of hydrogen-bond donors (Lipinski definition) is 3. The third-order valence-electron chi connectivity index (χ3n) is 17.8. The number of phosphoric acid groups is 2. The van der Waals surface area contributed by atoms with Gasteiger partial charge in [0.1, 0.15) is 19.3 Å². The maximum atomic E-state index is 13.1. The lowest BCUT2D eigenvalue weighted by Gasteiger charge is -2.21. The van der Waals surface area contributed by atoms with E-state index in [1.165, 1.54) is 186 Å². The van der Waals surface area contributed by atoms with E-state index in [1.807, 2.05) is 0 Å². The summed E-state index contributed by atoms with van der Waals surface area (Å²) in [7, 11) is -9.91. The highest BCUT2D eigenvalue weighted by Crippen LogP contribution is 2.45. The number of carbonyl (C=O) groups excluding carboxylic acids is 4. The molecule has 2 unspecified atom stereocenters. The molecule has 0 aromatic heterocycles. The van der Waals surface area contributed by atoms with Crippen LogP contribution in [0.3, 0.4) is 0 Å². The number of ether oxygens (including phenoxy) is 4. The van der Waals surface area contributed by atoms with E-state index in [-0.39, 0.29) is 25.7 Å². The Hall–Kier alpha value is -1.94. The molecule has 0 radical (unpaired) electrons. The molecule has 17 nitrogen and oxygen atoms in total. The van der Waals surface area contributed by atoms with Gasteiger partial charge in [-0.25, -0.2) is 9.13 Å². The summed E-state index contributed by atoms with van der Waals surface area (Å²) < 4.78 is 68.6. The molecule has 0 aliphatic carbocycles. The minimum atomic E-state index is -4.96. The van der Waals surface area contributed by atoms with Gasteiger partial charge in [0, 0.05) is 25.7 Å². The fourth-order valence-corrected chi connectivity index (χ4v) is 13.3. The van der Waals surface area contributed by atoms with E-state index in [2.05, 4.69) is 55.4 Å². The molecule has 0 bridgehead atoms. The smallest absolute Gasteiger partial charge is 0.462 e. The van der Waals surface area contributed by atoms with Crippen molar-refractivity contribution in [2.45, 2.75) is 408 Å². The maximum Gasteiger partial charge on any atom is 0.472 e. The van der Waals surface area contributed by atoms with Crippen LogP contribution < -0.4 is 0 Å². The van der Waals surface area contributed by atoms with Gasteiger partial charge in [-0.05, 0) is 49.4 Å². The quantitative estimate of drug-likeness (QED) is 0.0222.